The average molecular weight is 357 g/mol. The van der Waals surface area contributed by atoms with E-state index in [1.54, 1.807) is 24.3 Å². The number of hydrogen-bond acceptors (Lipinski definition) is 5. The van der Waals surface area contributed by atoms with E-state index in [0.29, 0.717) is 12.4 Å². The summed E-state index contributed by atoms with van der Waals surface area (Å²) in [6.07, 6.45) is 1.83. The van der Waals surface area contributed by atoms with Crippen molar-refractivity contribution in [2.45, 2.75) is 19.8 Å². The van der Waals surface area contributed by atoms with Crippen LogP contribution in [0.4, 0.5) is 5.69 Å². The number of hydrazine groups is 1. The molecule has 0 atom stereocenters. The molecular weight excluding hydrogens is 338 g/mol. The molecule has 0 spiro atoms. The summed E-state index contributed by atoms with van der Waals surface area (Å²) in [6.45, 7) is 2.52. The Morgan fingerprint density at radius 2 is 1.81 bits per heavy atom. The maximum absolute atomic E-state index is 12.3. The first-order valence-corrected chi connectivity index (χ1v) is 8.10. The lowest BCUT2D eigenvalue weighted by Gasteiger charge is -2.12. The third-order valence-corrected chi connectivity index (χ3v) is 3.50. The fourth-order valence-electron chi connectivity index (χ4n) is 2.12. The van der Waals surface area contributed by atoms with Gasteiger partial charge in [-0.15, -0.1) is 0 Å². The number of nitro benzene ring substituents is 1. The van der Waals surface area contributed by atoms with Crippen molar-refractivity contribution in [1.29, 1.82) is 0 Å². The van der Waals surface area contributed by atoms with Crippen LogP contribution in [0.1, 0.15) is 40.5 Å². The Kier molecular flexibility index (Phi) is 6.67. The average Bonchev–Trinajstić information content (AvgIpc) is 2.66. The summed E-state index contributed by atoms with van der Waals surface area (Å²) in [6, 6.07) is 11.9. The highest BCUT2D eigenvalue weighted by Crippen LogP contribution is 2.18. The standard InChI is InChI=1S/C18H19N3O5/c1-2-3-11-26-16-10-5-4-9-15(16)18(23)20-19-17(22)13-7-6-8-14(12-13)21(24)25/h4-10,12H,2-3,11H2,1H3,(H,19,22)(H,20,23). The van der Waals surface area contributed by atoms with E-state index < -0.39 is 16.7 Å². The van der Waals surface area contributed by atoms with Crippen molar-refractivity contribution < 1.29 is 19.2 Å². The van der Waals surface area contributed by atoms with Crippen molar-refractivity contribution in [1.82, 2.24) is 10.9 Å². The zero-order valence-corrected chi connectivity index (χ0v) is 14.2. The van der Waals surface area contributed by atoms with Crippen molar-refractivity contribution in [3.8, 4) is 5.75 Å². The Balaban J connectivity index is 2.01. The van der Waals surface area contributed by atoms with Crippen LogP contribution in [0.5, 0.6) is 5.75 Å². The second kappa shape index (κ2) is 9.16. The highest BCUT2D eigenvalue weighted by molar-refractivity contribution is 6.00. The van der Waals surface area contributed by atoms with Gasteiger partial charge >= 0.3 is 0 Å². The number of nitrogens with zero attached hydrogens (tertiary/aromatic N) is 1. The minimum absolute atomic E-state index is 0.0620. The van der Waals surface area contributed by atoms with Gasteiger partial charge < -0.3 is 4.74 Å². The van der Waals surface area contributed by atoms with E-state index in [2.05, 4.69) is 10.9 Å². The monoisotopic (exact) mass is 357 g/mol. The smallest absolute Gasteiger partial charge is 0.273 e. The lowest BCUT2D eigenvalue weighted by Crippen LogP contribution is -2.41. The number of nitrogens with one attached hydrogen (secondary N) is 2. The van der Waals surface area contributed by atoms with Gasteiger partial charge in [0.1, 0.15) is 5.75 Å². The van der Waals surface area contributed by atoms with Crippen LogP contribution in [0.15, 0.2) is 48.5 Å². The van der Waals surface area contributed by atoms with Gasteiger partial charge in [0, 0.05) is 17.7 Å². The molecule has 0 aliphatic rings. The summed E-state index contributed by atoms with van der Waals surface area (Å²) in [4.78, 5) is 34.5. The van der Waals surface area contributed by atoms with Crippen LogP contribution in [0, 0.1) is 10.1 Å². The normalized spacial score (nSPS) is 10.0. The second-order valence-electron chi connectivity index (χ2n) is 5.41. The number of hydrogen-bond donors (Lipinski definition) is 2. The molecule has 2 aromatic carbocycles. The summed E-state index contributed by atoms with van der Waals surface area (Å²) >= 11 is 0. The van der Waals surface area contributed by atoms with Crippen molar-refractivity contribution in [3.05, 3.63) is 69.8 Å². The minimum Gasteiger partial charge on any atom is -0.493 e. The summed E-state index contributed by atoms with van der Waals surface area (Å²) < 4.78 is 5.58. The van der Waals surface area contributed by atoms with Crippen LogP contribution in [0.2, 0.25) is 0 Å². The molecule has 0 fully saturated rings. The fraction of sp³-hybridized carbons (Fsp3) is 0.222. The number of amides is 2. The van der Waals surface area contributed by atoms with Gasteiger partial charge in [0.25, 0.3) is 17.5 Å². The predicted octanol–water partition coefficient (Wildman–Crippen LogP) is 2.85. The number of carbonyl (C=O) groups excluding carboxylic acids is 2. The Morgan fingerprint density at radius 1 is 1.08 bits per heavy atom. The Labute approximate surface area is 150 Å². The molecule has 8 nitrogen and oxygen atoms in total. The zero-order valence-electron chi connectivity index (χ0n) is 14.2. The third kappa shape index (κ3) is 5.04. The molecule has 2 amide bonds. The van der Waals surface area contributed by atoms with Crippen molar-refractivity contribution in [2.24, 2.45) is 0 Å². The van der Waals surface area contributed by atoms with E-state index >= 15 is 0 Å². The number of carbonyl (C=O) groups is 2. The molecule has 0 aliphatic heterocycles. The number of para-hydroxylation sites is 1. The van der Waals surface area contributed by atoms with Crippen LogP contribution in [0.25, 0.3) is 0 Å². The molecule has 8 heteroatoms. The maximum atomic E-state index is 12.3. The highest BCUT2D eigenvalue weighted by atomic mass is 16.6. The van der Waals surface area contributed by atoms with E-state index in [-0.39, 0.29) is 16.8 Å². The Morgan fingerprint density at radius 3 is 2.54 bits per heavy atom. The summed E-state index contributed by atoms with van der Waals surface area (Å²) in [5, 5.41) is 10.8. The molecule has 0 aliphatic carbocycles. The number of ether oxygens (including phenoxy) is 1. The summed E-state index contributed by atoms with van der Waals surface area (Å²) in [5.41, 5.74) is 4.66. The van der Waals surface area contributed by atoms with Crippen LogP contribution in [0.3, 0.4) is 0 Å². The van der Waals surface area contributed by atoms with Gasteiger partial charge in [0.2, 0.25) is 0 Å². The van der Waals surface area contributed by atoms with Crippen molar-refractivity contribution >= 4 is 17.5 Å². The maximum Gasteiger partial charge on any atom is 0.273 e. The van der Waals surface area contributed by atoms with Crippen LogP contribution >= 0.6 is 0 Å². The topological polar surface area (TPSA) is 111 Å². The quantitative estimate of drug-likeness (QED) is 0.450. The Bertz CT molecular complexity index is 807. The number of non-ortho nitro benzene ring substituents is 1. The van der Waals surface area contributed by atoms with Gasteiger partial charge in [-0.2, -0.15) is 0 Å². The van der Waals surface area contributed by atoms with E-state index in [0.717, 1.165) is 18.9 Å². The molecular formula is C18H19N3O5. The van der Waals surface area contributed by atoms with Crippen molar-refractivity contribution in [3.63, 3.8) is 0 Å². The molecule has 0 aromatic heterocycles. The van der Waals surface area contributed by atoms with Crippen LogP contribution in [-0.4, -0.2) is 23.3 Å². The first-order chi connectivity index (χ1) is 12.5. The molecule has 0 saturated heterocycles. The number of nitro groups is 1. The van der Waals surface area contributed by atoms with Gasteiger partial charge in [0.05, 0.1) is 17.1 Å². The van der Waals surface area contributed by atoms with Gasteiger partial charge in [0.15, 0.2) is 0 Å². The van der Waals surface area contributed by atoms with Crippen LogP contribution < -0.4 is 15.6 Å². The summed E-state index contributed by atoms with van der Waals surface area (Å²) in [7, 11) is 0. The number of benzene rings is 2. The SMILES string of the molecule is CCCCOc1ccccc1C(=O)NNC(=O)c1cccc([N+](=O)[O-])c1. The minimum atomic E-state index is -0.661. The molecule has 26 heavy (non-hydrogen) atoms. The highest BCUT2D eigenvalue weighted by Gasteiger charge is 2.15. The van der Waals surface area contributed by atoms with Gasteiger partial charge in [-0.3, -0.25) is 30.6 Å². The van der Waals surface area contributed by atoms with E-state index in [1.807, 2.05) is 6.92 Å². The van der Waals surface area contributed by atoms with Gasteiger partial charge in [-0.1, -0.05) is 31.5 Å². The molecule has 2 rings (SSSR count). The Hall–Kier alpha value is -3.42. The lowest BCUT2D eigenvalue weighted by molar-refractivity contribution is -0.384. The number of rotatable bonds is 7. The molecule has 0 saturated carbocycles. The van der Waals surface area contributed by atoms with E-state index in [4.69, 9.17) is 4.74 Å². The predicted molar refractivity (Wildman–Crippen MR) is 94.9 cm³/mol. The largest absolute Gasteiger partial charge is 0.493 e. The number of unbranched alkanes of at least 4 members (excludes halogenated alkanes) is 1. The molecule has 0 bridgehead atoms. The fourth-order valence-corrected chi connectivity index (χ4v) is 2.12. The van der Waals surface area contributed by atoms with Crippen LogP contribution in [-0.2, 0) is 0 Å². The first-order valence-electron chi connectivity index (χ1n) is 8.10. The van der Waals surface area contributed by atoms with Gasteiger partial charge in [-0.25, -0.2) is 0 Å². The molecule has 2 aromatic rings. The molecule has 0 unspecified atom stereocenters. The molecule has 0 heterocycles. The lowest BCUT2D eigenvalue weighted by atomic mass is 10.2. The molecule has 2 N–H and O–H groups in total. The second-order valence-corrected chi connectivity index (χ2v) is 5.41. The van der Waals surface area contributed by atoms with E-state index in [9.17, 15) is 19.7 Å². The van der Waals surface area contributed by atoms with E-state index in [1.165, 1.54) is 18.2 Å². The first kappa shape index (κ1) is 18.9. The third-order valence-electron chi connectivity index (χ3n) is 3.50. The molecule has 0 radical (unpaired) electrons. The summed E-state index contributed by atoms with van der Waals surface area (Å²) in [5.74, 6) is -0.787. The molecule has 136 valence electrons. The van der Waals surface area contributed by atoms with Crippen molar-refractivity contribution in [2.75, 3.05) is 6.61 Å². The zero-order chi connectivity index (χ0) is 18.9. The van der Waals surface area contributed by atoms with Gasteiger partial charge in [-0.05, 0) is 24.6 Å².